The van der Waals surface area contributed by atoms with Crippen molar-refractivity contribution < 1.29 is 47.6 Å². The molecule has 274 valence electrons. The van der Waals surface area contributed by atoms with E-state index < -0.39 is 11.9 Å². The van der Waals surface area contributed by atoms with E-state index in [0.717, 1.165) is 62.5 Å². The third kappa shape index (κ3) is 11.9. The van der Waals surface area contributed by atoms with Gasteiger partial charge in [0.15, 0.2) is 0 Å². The molecule has 0 saturated carbocycles. The Labute approximate surface area is 304 Å². The predicted molar refractivity (Wildman–Crippen MR) is 193 cm³/mol. The predicted octanol–water partition coefficient (Wildman–Crippen LogP) is 8.02. The van der Waals surface area contributed by atoms with Gasteiger partial charge in [-0.1, -0.05) is 37.4 Å². The molecule has 10 nitrogen and oxygen atoms in total. The Kier molecular flexibility index (Phi) is 14.0. The van der Waals surface area contributed by atoms with E-state index in [1.54, 1.807) is 48.5 Å². The first-order valence-corrected chi connectivity index (χ1v) is 17.9. The lowest BCUT2D eigenvalue weighted by Gasteiger charge is -2.10. The third-order valence-corrected chi connectivity index (χ3v) is 8.89. The molecule has 0 spiro atoms. The van der Waals surface area contributed by atoms with Crippen molar-refractivity contribution in [1.29, 1.82) is 0 Å². The fraction of sp³-hybridized carbons (Fsp3) is 0.381. The van der Waals surface area contributed by atoms with Crippen molar-refractivity contribution in [3.63, 3.8) is 0 Å². The van der Waals surface area contributed by atoms with Crippen LogP contribution in [0.5, 0.6) is 11.5 Å². The van der Waals surface area contributed by atoms with E-state index in [0.29, 0.717) is 59.8 Å². The van der Waals surface area contributed by atoms with E-state index in [1.165, 1.54) is 0 Å². The van der Waals surface area contributed by atoms with E-state index in [-0.39, 0.29) is 37.4 Å². The summed E-state index contributed by atoms with van der Waals surface area (Å²) in [4.78, 5) is 48.0. The second-order valence-electron chi connectivity index (χ2n) is 13.1. The van der Waals surface area contributed by atoms with Gasteiger partial charge in [-0.25, -0.2) is 19.2 Å². The van der Waals surface area contributed by atoms with E-state index >= 15 is 0 Å². The van der Waals surface area contributed by atoms with Crippen LogP contribution in [0.15, 0.2) is 97.1 Å². The van der Waals surface area contributed by atoms with Crippen molar-refractivity contribution in [3.05, 3.63) is 119 Å². The van der Waals surface area contributed by atoms with E-state index in [9.17, 15) is 19.2 Å². The van der Waals surface area contributed by atoms with Crippen LogP contribution in [0.3, 0.4) is 0 Å². The van der Waals surface area contributed by atoms with Crippen LogP contribution in [-0.4, -0.2) is 49.3 Å². The van der Waals surface area contributed by atoms with Crippen LogP contribution < -0.4 is 9.47 Å². The summed E-state index contributed by atoms with van der Waals surface area (Å²) in [5.74, 6) is -0.0773. The number of ether oxygens (including phenoxy) is 6. The molecule has 2 aliphatic rings. The Balaban J connectivity index is 0.914. The second kappa shape index (κ2) is 19.3. The van der Waals surface area contributed by atoms with Crippen molar-refractivity contribution in [2.24, 2.45) is 0 Å². The van der Waals surface area contributed by atoms with Crippen molar-refractivity contribution in [2.45, 2.75) is 89.6 Å². The van der Waals surface area contributed by atoms with Gasteiger partial charge in [-0.15, -0.1) is 0 Å². The fourth-order valence-electron chi connectivity index (χ4n) is 5.84. The fourth-order valence-corrected chi connectivity index (χ4v) is 5.84. The summed E-state index contributed by atoms with van der Waals surface area (Å²) >= 11 is 0. The van der Waals surface area contributed by atoms with Crippen LogP contribution >= 0.6 is 0 Å². The van der Waals surface area contributed by atoms with Gasteiger partial charge in [-0.3, -0.25) is 0 Å². The maximum Gasteiger partial charge on any atom is 0.338 e. The Morgan fingerprint density at radius 3 is 1.29 bits per heavy atom. The number of rotatable bonds is 20. The molecular weight excluding hydrogens is 664 g/mol. The van der Waals surface area contributed by atoms with Crippen molar-refractivity contribution >= 4 is 23.9 Å². The SMILES string of the molecule is C=C1CC(CCCCCOc2ccc(C(=O)OCc3ccc(COC(=O)c4ccc(OCCCCCC5CC(=C)C(=O)O5)cc4)cc3)cc2)OC1=O. The lowest BCUT2D eigenvalue weighted by molar-refractivity contribution is -0.140. The molecule has 0 aromatic heterocycles. The molecule has 5 rings (SSSR count). The van der Waals surface area contributed by atoms with Crippen LogP contribution in [-0.2, 0) is 41.8 Å². The lowest BCUT2D eigenvalue weighted by atomic mass is 10.1. The quantitative estimate of drug-likeness (QED) is 0.0493. The average Bonchev–Trinajstić information content (AvgIpc) is 3.66. The Hall–Kier alpha value is -5.38. The molecule has 2 aliphatic heterocycles. The molecule has 2 unspecified atom stereocenters. The highest BCUT2D eigenvalue weighted by Gasteiger charge is 2.27. The highest BCUT2D eigenvalue weighted by atomic mass is 16.6. The summed E-state index contributed by atoms with van der Waals surface area (Å²) in [6.45, 7) is 8.75. The van der Waals surface area contributed by atoms with E-state index in [4.69, 9.17) is 28.4 Å². The molecule has 0 aliphatic carbocycles. The molecule has 2 saturated heterocycles. The zero-order valence-corrected chi connectivity index (χ0v) is 29.5. The topological polar surface area (TPSA) is 124 Å². The van der Waals surface area contributed by atoms with Gasteiger partial charge in [0, 0.05) is 24.0 Å². The summed E-state index contributed by atoms with van der Waals surface area (Å²) in [5, 5.41) is 0. The summed E-state index contributed by atoms with van der Waals surface area (Å²) in [7, 11) is 0. The molecule has 3 aromatic rings. The normalized spacial score (nSPS) is 16.7. The molecule has 2 heterocycles. The van der Waals surface area contributed by atoms with Crippen molar-refractivity contribution in [1.82, 2.24) is 0 Å². The number of cyclic esters (lactones) is 2. The smallest absolute Gasteiger partial charge is 0.338 e. The highest BCUT2D eigenvalue weighted by molar-refractivity contribution is 5.91. The molecule has 0 bridgehead atoms. The number of carbonyl (C=O) groups excluding carboxylic acids is 4. The molecule has 3 aromatic carbocycles. The summed E-state index contributed by atoms with van der Waals surface area (Å²) in [5.41, 5.74) is 3.57. The lowest BCUT2D eigenvalue weighted by Crippen LogP contribution is -2.07. The maximum atomic E-state index is 12.6. The summed E-state index contributed by atoms with van der Waals surface area (Å²) < 4.78 is 33.0. The van der Waals surface area contributed by atoms with Gasteiger partial charge in [0.2, 0.25) is 0 Å². The second-order valence-corrected chi connectivity index (χ2v) is 13.1. The molecular formula is C42H46O10. The highest BCUT2D eigenvalue weighted by Crippen LogP contribution is 2.24. The molecule has 10 heteroatoms. The zero-order chi connectivity index (χ0) is 36.7. The minimum absolute atomic E-state index is 0.0454. The molecule has 0 amide bonds. The number of carbonyl (C=O) groups is 4. The van der Waals surface area contributed by atoms with Gasteiger partial charge in [0.25, 0.3) is 0 Å². The van der Waals surface area contributed by atoms with Gasteiger partial charge in [0.05, 0.1) is 24.3 Å². The van der Waals surface area contributed by atoms with Crippen LogP contribution in [0.2, 0.25) is 0 Å². The van der Waals surface area contributed by atoms with Crippen LogP contribution in [0, 0.1) is 0 Å². The monoisotopic (exact) mass is 710 g/mol. The number of esters is 4. The van der Waals surface area contributed by atoms with Gasteiger partial charge >= 0.3 is 23.9 Å². The molecule has 2 fully saturated rings. The molecule has 0 N–H and O–H groups in total. The Bertz CT molecular complexity index is 1530. The minimum atomic E-state index is -0.437. The first-order valence-electron chi connectivity index (χ1n) is 17.9. The number of hydrogen-bond donors (Lipinski definition) is 0. The van der Waals surface area contributed by atoms with Gasteiger partial charge < -0.3 is 28.4 Å². The Morgan fingerprint density at radius 1 is 0.558 bits per heavy atom. The number of benzene rings is 3. The number of unbranched alkanes of at least 4 members (excludes halogenated alkanes) is 4. The Morgan fingerprint density at radius 2 is 0.942 bits per heavy atom. The summed E-state index contributed by atoms with van der Waals surface area (Å²) in [6, 6.07) is 21.0. The maximum absolute atomic E-state index is 12.6. The van der Waals surface area contributed by atoms with E-state index in [1.807, 2.05) is 24.3 Å². The molecule has 52 heavy (non-hydrogen) atoms. The zero-order valence-electron chi connectivity index (χ0n) is 29.5. The third-order valence-electron chi connectivity index (χ3n) is 8.89. The number of hydrogen-bond acceptors (Lipinski definition) is 10. The van der Waals surface area contributed by atoms with Crippen LogP contribution in [0.4, 0.5) is 0 Å². The van der Waals surface area contributed by atoms with Crippen molar-refractivity contribution in [3.8, 4) is 11.5 Å². The van der Waals surface area contributed by atoms with Gasteiger partial charge in [0.1, 0.15) is 36.9 Å². The average molecular weight is 711 g/mol. The van der Waals surface area contributed by atoms with Gasteiger partial charge in [-0.05, 0) is 111 Å². The van der Waals surface area contributed by atoms with Crippen LogP contribution in [0.1, 0.15) is 96.1 Å². The molecule has 2 atom stereocenters. The van der Waals surface area contributed by atoms with E-state index in [2.05, 4.69) is 13.2 Å². The largest absolute Gasteiger partial charge is 0.494 e. The van der Waals surface area contributed by atoms with Crippen LogP contribution in [0.25, 0.3) is 0 Å². The standard InChI is InChI=1S/C42H46O10/c1-29-25-37(51-39(29)43)9-5-3-7-23-47-35-19-15-33(16-20-35)41(45)49-27-31-11-13-32(14-12-31)28-50-42(46)34-17-21-36(22-18-34)48-24-8-4-6-10-38-26-30(2)40(44)52-38/h11-22,37-38H,1-10,23-28H2. The van der Waals surface area contributed by atoms with Crippen molar-refractivity contribution in [2.75, 3.05) is 13.2 Å². The summed E-state index contributed by atoms with van der Waals surface area (Å²) in [6.07, 6.45) is 8.40. The molecule has 0 radical (unpaired) electrons. The first kappa shape index (κ1) is 37.9. The minimum Gasteiger partial charge on any atom is -0.494 e. The first-order chi connectivity index (χ1) is 25.2. The van der Waals surface area contributed by atoms with Gasteiger partial charge in [-0.2, -0.15) is 0 Å².